The molecule has 32 heavy (non-hydrogen) atoms. The number of ketones is 1. The summed E-state index contributed by atoms with van der Waals surface area (Å²) in [4.78, 5) is 46.9. The number of aryl methyl sites for hydroxylation is 2. The summed E-state index contributed by atoms with van der Waals surface area (Å²) in [7, 11) is 0. The molecular weight excluding hydrogens is 426 g/mol. The first kappa shape index (κ1) is 22.0. The number of likely N-dealkylation sites (tertiary alicyclic amines) is 1. The average Bonchev–Trinajstić information content (AvgIpc) is 3.58. The topological polar surface area (TPSA) is 92.4 Å². The van der Waals surface area contributed by atoms with Crippen LogP contribution in [0.3, 0.4) is 0 Å². The molecule has 0 saturated carbocycles. The lowest BCUT2D eigenvalue weighted by Crippen LogP contribution is -2.27. The number of aromatic amines is 1. The van der Waals surface area contributed by atoms with Gasteiger partial charge in [-0.1, -0.05) is 31.2 Å². The Bertz CT molecular complexity index is 1140. The summed E-state index contributed by atoms with van der Waals surface area (Å²) in [5.74, 6) is -1.06. The summed E-state index contributed by atoms with van der Waals surface area (Å²) in [6.07, 6.45) is 4.43. The highest BCUT2D eigenvalue weighted by atomic mass is 32.1. The first-order chi connectivity index (χ1) is 15.5. The molecule has 1 N–H and O–H groups in total. The zero-order valence-electron chi connectivity index (χ0n) is 18.1. The monoisotopic (exact) mass is 451 g/mol. The van der Waals surface area contributed by atoms with E-state index in [-0.39, 0.29) is 11.7 Å². The molecule has 0 spiro atoms. The first-order valence-electron chi connectivity index (χ1n) is 10.7. The van der Waals surface area contributed by atoms with Gasteiger partial charge in [0.1, 0.15) is 15.6 Å². The molecule has 2 aromatic heterocycles. The van der Waals surface area contributed by atoms with E-state index in [0.717, 1.165) is 42.9 Å². The second-order valence-electron chi connectivity index (χ2n) is 7.78. The van der Waals surface area contributed by atoms with Crippen LogP contribution in [-0.4, -0.2) is 52.2 Å². The van der Waals surface area contributed by atoms with Crippen LogP contribution in [0.1, 0.15) is 61.5 Å². The number of hydrogen-bond donors (Lipinski definition) is 1. The Morgan fingerprint density at radius 2 is 1.88 bits per heavy atom. The van der Waals surface area contributed by atoms with Crippen molar-refractivity contribution in [2.75, 3.05) is 19.7 Å². The van der Waals surface area contributed by atoms with E-state index in [0.29, 0.717) is 21.8 Å². The van der Waals surface area contributed by atoms with E-state index in [2.05, 4.69) is 16.9 Å². The fourth-order valence-corrected chi connectivity index (χ4v) is 4.61. The summed E-state index contributed by atoms with van der Waals surface area (Å²) >= 11 is 1.25. The maximum atomic E-state index is 12.6. The highest BCUT2D eigenvalue weighted by Gasteiger charge is 2.23. The lowest BCUT2D eigenvalue weighted by atomic mass is 10.1. The van der Waals surface area contributed by atoms with E-state index in [1.807, 2.05) is 24.3 Å². The van der Waals surface area contributed by atoms with Gasteiger partial charge in [-0.05, 0) is 37.8 Å². The van der Waals surface area contributed by atoms with Crippen LogP contribution >= 0.6 is 11.3 Å². The molecule has 1 fully saturated rings. The van der Waals surface area contributed by atoms with Gasteiger partial charge in [0.05, 0.1) is 5.69 Å². The van der Waals surface area contributed by atoms with Crippen LogP contribution < -0.4 is 0 Å². The second-order valence-corrected chi connectivity index (χ2v) is 8.78. The number of aromatic nitrogens is 2. The molecule has 0 aliphatic carbocycles. The van der Waals surface area contributed by atoms with Crippen LogP contribution in [0.5, 0.6) is 0 Å². The molecule has 0 atom stereocenters. The van der Waals surface area contributed by atoms with Gasteiger partial charge in [0.25, 0.3) is 5.91 Å². The molecule has 1 aromatic carbocycles. The Hall–Kier alpha value is -3.26. The van der Waals surface area contributed by atoms with Crippen molar-refractivity contribution in [1.29, 1.82) is 0 Å². The summed E-state index contributed by atoms with van der Waals surface area (Å²) in [6.45, 7) is 4.92. The first-order valence-corrected chi connectivity index (χ1v) is 11.5. The molecule has 1 amide bonds. The Balaban J connectivity index is 1.38. The number of rotatable bonds is 7. The van der Waals surface area contributed by atoms with E-state index in [9.17, 15) is 14.4 Å². The van der Waals surface area contributed by atoms with Crippen molar-refractivity contribution < 1.29 is 19.1 Å². The lowest BCUT2D eigenvalue weighted by Gasteiger charge is -2.13. The van der Waals surface area contributed by atoms with Crippen molar-refractivity contribution in [3.63, 3.8) is 0 Å². The van der Waals surface area contributed by atoms with Crippen molar-refractivity contribution in [3.8, 4) is 10.6 Å². The largest absolute Gasteiger partial charge is 0.453 e. The third-order valence-electron chi connectivity index (χ3n) is 5.55. The number of nitrogens with one attached hydrogen (secondary N) is 1. The number of esters is 1. The van der Waals surface area contributed by atoms with Gasteiger partial charge < -0.3 is 14.6 Å². The van der Waals surface area contributed by atoms with Gasteiger partial charge in [-0.15, -0.1) is 11.3 Å². The van der Waals surface area contributed by atoms with E-state index in [1.165, 1.54) is 29.2 Å². The van der Waals surface area contributed by atoms with Crippen LogP contribution in [0.25, 0.3) is 10.6 Å². The molecule has 0 bridgehead atoms. The van der Waals surface area contributed by atoms with Crippen LogP contribution in [-0.2, 0) is 11.2 Å². The van der Waals surface area contributed by atoms with E-state index < -0.39 is 12.6 Å². The van der Waals surface area contributed by atoms with Gasteiger partial charge >= 0.3 is 5.97 Å². The van der Waals surface area contributed by atoms with Crippen molar-refractivity contribution in [3.05, 3.63) is 63.9 Å². The van der Waals surface area contributed by atoms with Crippen LogP contribution in [0.4, 0.5) is 0 Å². The zero-order valence-corrected chi connectivity index (χ0v) is 19.0. The maximum absolute atomic E-state index is 12.6. The molecule has 4 rings (SSSR count). The molecular formula is C24H25N3O4S. The van der Waals surface area contributed by atoms with Crippen molar-refractivity contribution in [1.82, 2.24) is 14.9 Å². The van der Waals surface area contributed by atoms with Crippen LogP contribution in [0, 0.1) is 6.92 Å². The number of Topliss-reactive ketones (excluding diaryl/α,β-unsaturated/α-hetero) is 1. The van der Waals surface area contributed by atoms with Crippen molar-refractivity contribution in [2.24, 2.45) is 0 Å². The van der Waals surface area contributed by atoms with Gasteiger partial charge in [0.2, 0.25) is 5.78 Å². The van der Waals surface area contributed by atoms with E-state index in [1.54, 1.807) is 11.8 Å². The Kier molecular flexibility index (Phi) is 6.50. The average molecular weight is 452 g/mol. The highest BCUT2D eigenvalue weighted by Crippen LogP contribution is 2.29. The molecule has 0 unspecified atom stereocenters. The van der Waals surface area contributed by atoms with Crippen LogP contribution in [0.2, 0.25) is 0 Å². The van der Waals surface area contributed by atoms with Gasteiger partial charge in [0, 0.05) is 30.4 Å². The molecule has 3 heterocycles. The van der Waals surface area contributed by atoms with Crippen LogP contribution in [0.15, 0.2) is 36.5 Å². The summed E-state index contributed by atoms with van der Waals surface area (Å²) in [5.41, 5.74) is 3.43. The minimum absolute atomic E-state index is 0.113. The fourth-order valence-electron chi connectivity index (χ4n) is 3.64. The molecule has 0 radical (unpaired) electrons. The number of H-pyrrole nitrogens is 1. The molecule has 1 aliphatic heterocycles. The molecule has 7 nitrogen and oxygen atoms in total. The molecule has 8 heteroatoms. The highest BCUT2D eigenvalue weighted by molar-refractivity contribution is 7.17. The zero-order chi connectivity index (χ0) is 22.7. The number of benzene rings is 1. The Morgan fingerprint density at radius 3 is 2.56 bits per heavy atom. The summed E-state index contributed by atoms with van der Waals surface area (Å²) in [5, 5.41) is 0.735. The van der Waals surface area contributed by atoms with E-state index >= 15 is 0 Å². The van der Waals surface area contributed by atoms with E-state index in [4.69, 9.17) is 4.74 Å². The van der Waals surface area contributed by atoms with Crippen molar-refractivity contribution in [2.45, 2.75) is 33.1 Å². The molecule has 1 saturated heterocycles. The quantitative estimate of drug-likeness (QED) is 0.427. The number of nitrogens with zero attached hydrogens (tertiary/aromatic N) is 2. The predicted molar refractivity (Wildman–Crippen MR) is 122 cm³/mol. The predicted octanol–water partition coefficient (Wildman–Crippen LogP) is 4.28. The number of hydrogen-bond acceptors (Lipinski definition) is 6. The van der Waals surface area contributed by atoms with Gasteiger partial charge in [-0.25, -0.2) is 9.78 Å². The number of ether oxygens (including phenoxy) is 1. The van der Waals surface area contributed by atoms with Gasteiger partial charge in [0.15, 0.2) is 6.61 Å². The smallest absolute Gasteiger partial charge is 0.350 e. The minimum Gasteiger partial charge on any atom is -0.453 e. The van der Waals surface area contributed by atoms with Crippen molar-refractivity contribution >= 4 is 29.0 Å². The summed E-state index contributed by atoms with van der Waals surface area (Å²) in [6, 6.07) is 9.59. The summed E-state index contributed by atoms with van der Waals surface area (Å²) < 4.78 is 5.25. The Labute approximate surface area is 190 Å². The second kappa shape index (κ2) is 9.48. The third kappa shape index (κ3) is 4.65. The maximum Gasteiger partial charge on any atom is 0.350 e. The molecule has 3 aromatic rings. The molecule has 166 valence electrons. The lowest BCUT2D eigenvalue weighted by molar-refractivity contribution is 0.0478. The normalized spacial score (nSPS) is 13.4. The standard InChI is InChI=1S/C24H25N3O4S/c1-3-16-6-8-17(9-7-16)22-26-15(2)21(32-22)24(30)31-14-20(28)18-12-19(25-13-18)23(29)27-10-4-5-11-27/h6-9,12-13,25H,3-5,10-11,14H2,1-2H3. The number of thiazole rings is 1. The number of amides is 1. The number of carbonyl (C=O) groups is 3. The number of carbonyl (C=O) groups excluding carboxylic acids is 3. The third-order valence-corrected chi connectivity index (χ3v) is 6.74. The fraction of sp³-hybridized carbons (Fsp3) is 0.333. The molecule has 1 aliphatic rings. The minimum atomic E-state index is -0.575. The Morgan fingerprint density at radius 1 is 1.16 bits per heavy atom. The van der Waals surface area contributed by atoms with Gasteiger partial charge in [-0.3, -0.25) is 9.59 Å². The van der Waals surface area contributed by atoms with Gasteiger partial charge in [-0.2, -0.15) is 0 Å². The SMILES string of the molecule is CCc1ccc(-c2nc(C)c(C(=O)OCC(=O)c3c[nH]c(C(=O)N4CCCC4)c3)s2)cc1.